The molecule has 2 bridgehead atoms. The molecule has 0 radical (unpaired) electrons. The first-order chi connectivity index (χ1) is 23.2. The maximum Gasteiger partial charge on any atom is 0.358 e. The minimum atomic E-state index is -0.654. The zero-order chi connectivity index (χ0) is 36.8. The van der Waals surface area contributed by atoms with Gasteiger partial charge in [0, 0.05) is 16.4 Å². The van der Waals surface area contributed by atoms with Gasteiger partial charge in [0.15, 0.2) is 5.69 Å². The van der Waals surface area contributed by atoms with Gasteiger partial charge in [-0.2, -0.15) is 0 Å². The van der Waals surface area contributed by atoms with Crippen LogP contribution in [0.5, 0.6) is 0 Å². The Morgan fingerprint density at radius 1 is 1.10 bits per heavy atom. The van der Waals surface area contributed by atoms with Crippen LogP contribution in [0.2, 0.25) is 0 Å². The van der Waals surface area contributed by atoms with E-state index in [1.807, 2.05) is 6.92 Å². The lowest BCUT2D eigenvalue weighted by Gasteiger charge is -2.71. The first-order valence-electron chi connectivity index (χ1n) is 19.2. The number of ether oxygens (including phenoxy) is 3. The van der Waals surface area contributed by atoms with Crippen LogP contribution in [0.3, 0.4) is 0 Å². The van der Waals surface area contributed by atoms with Crippen molar-refractivity contribution in [2.24, 2.45) is 68.3 Å². The third kappa shape index (κ3) is 5.11. The maximum absolute atomic E-state index is 13.5. The Kier molecular flexibility index (Phi) is 9.29. The SMILES string of the molecule is COC(=O)c1cnnn1[C@@H]1C[C@@]23COC[C@@](C)([C@@H]2CC[C@H]2C3=CC[C@@]3(C)[C@H](C(=O)O)[C@@](C)([C@H](C)C(C)C)CC[C@]23C)[C@H]1OC[C@](C)(N)C(C)C. The summed E-state index contributed by atoms with van der Waals surface area (Å²) in [6, 6.07) is -0.311. The van der Waals surface area contributed by atoms with Crippen LogP contribution < -0.4 is 5.73 Å². The van der Waals surface area contributed by atoms with Crippen LogP contribution in [0.25, 0.3) is 0 Å². The maximum atomic E-state index is 13.5. The highest BCUT2D eigenvalue weighted by molar-refractivity contribution is 5.87. The number of carbonyl (C=O) groups is 2. The third-order valence-corrected chi connectivity index (χ3v) is 16.3. The number of carboxylic acids is 1. The van der Waals surface area contributed by atoms with E-state index in [1.54, 1.807) is 4.68 Å². The van der Waals surface area contributed by atoms with E-state index in [-0.39, 0.29) is 52.1 Å². The van der Waals surface area contributed by atoms with Crippen LogP contribution >= 0.6 is 0 Å². The topological polar surface area (TPSA) is 139 Å². The van der Waals surface area contributed by atoms with Crippen LogP contribution in [-0.4, -0.2) is 70.6 Å². The molecule has 2 heterocycles. The average molecular weight is 697 g/mol. The minimum Gasteiger partial charge on any atom is -0.481 e. The highest BCUT2D eigenvalue weighted by atomic mass is 16.5. The number of fused-ring (bicyclic) bond motifs is 3. The molecule has 280 valence electrons. The van der Waals surface area contributed by atoms with E-state index in [1.165, 1.54) is 18.9 Å². The Morgan fingerprint density at radius 2 is 1.80 bits per heavy atom. The van der Waals surface area contributed by atoms with Gasteiger partial charge in [0.1, 0.15) is 0 Å². The molecule has 10 heteroatoms. The van der Waals surface area contributed by atoms with Gasteiger partial charge in [-0.3, -0.25) is 4.79 Å². The van der Waals surface area contributed by atoms with E-state index in [0.717, 1.165) is 32.1 Å². The molecule has 10 nitrogen and oxygen atoms in total. The third-order valence-electron chi connectivity index (χ3n) is 16.3. The van der Waals surface area contributed by atoms with Crippen molar-refractivity contribution >= 4 is 11.9 Å². The molecule has 6 rings (SSSR count). The molecule has 0 unspecified atom stereocenters. The van der Waals surface area contributed by atoms with Crippen LogP contribution in [0.4, 0.5) is 0 Å². The predicted molar refractivity (Wildman–Crippen MR) is 191 cm³/mol. The largest absolute Gasteiger partial charge is 0.481 e. The Labute approximate surface area is 299 Å². The lowest BCUT2D eigenvalue weighted by Crippen LogP contribution is -2.69. The second-order valence-electron chi connectivity index (χ2n) is 19.1. The van der Waals surface area contributed by atoms with Crippen molar-refractivity contribution in [1.82, 2.24) is 15.0 Å². The van der Waals surface area contributed by atoms with E-state index in [4.69, 9.17) is 19.9 Å². The van der Waals surface area contributed by atoms with Crippen molar-refractivity contribution in [2.75, 3.05) is 26.9 Å². The number of methoxy groups -OCH3 is 1. The molecule has 1 saturated heterocycles. The Morgan fingerprint density at radius 3 is 2.42 bits per heavy atom. The summed E-state index contributed by atoms with van der Waals surface area (Å²) in [5.41, 5.74) is 6.35. The zero-order valence-corrected chi connectivity index (χ0v) is 32.5. The van der Waals surface area contributed by atoms with Gasteiger partial charge >= 0.3 is 11.9 Å². The van der Waals surface area contributed by atoms with E-state index >= 15 is 0 Å². The highest BCUT2D eigenvalue weighted by Crippen LogP contribution is 2.75. The Balaban J connectivity index is 1.48. The molecule has 4 fully saturated rings. The van der Waals surface area contributed by atoms with Crippen LogP contribution in [-0.2, 0) is 19.0 Å². The molecule has 1 aliphatic heterocycles. The van der Waals surface area contributed by atoms with Crippen molar-refractivity contribution < 1.29 is 28.9 Å². The average Bonchev–Trinajstić information content (AvgIpc) is 3.53. The number of nitrogens with two attached hydrogens (primary N) is 1. The molecule has 50 heavy (non-hydrogen) atoms. The second kappa shape index (κ2) is 12.4. The number of aromatic nitrogens is 3. The molecule has 5 aliphatic rings. The van der Waals surface area contributed by atoms with Crippen LogP contribution in [0, 0.1) is 62.6 Å². The Bertz CT molecular complexity index is 1520. The number of allylic oxidation sites excluding steroid dienone is 1. The lowest BCUT2D eigenvalue weighted by molar-refractivity contribution is -0.253. The smallest absolute Gasteiger partial charge is 0.358 e. The first kappa shape index (κ1) is 37.5. The van der Waals surface area contributed by atoms with E-state index in [0.29, 0.717) is 37.9 Å². The first-order valence-corrected chi connectivity index (χ1v) is 19.2. The van der Waals surface area contributed by atoms with Gasteiger partial charge in [-0.1, -0.05) is 79.2 Å². The zero-order valence-electron chi connectivity index (χ0n) is 32.5. The van der Waals surface area contributed by atoms with Gasteiger partial charge < -0.3 is 25.1 Å². The fourth-order valence-electron chi connectivity index (χ4n) is 12.3. The second-order valence-corrected chi connectivity index (χ2v) is 19.1. The number of hydrogen-bond donors (Lipinski definition) is 2. The van der Waals surface area contributed by atoms with Gasteiger partial charge in [0.25, 0.3) is 0 Å². The summed E-state index contributed by atoms with van der Waals surface area (Å²) >= 11 is 0. The Hall–Kier alpha value is -2.30. The summed E-state index contributed by atoms with van der Waals surface area (Å²) in [5.74, 6) is -0.199. The molecule has 0 spiro atoms. The summed E-state index contributed by atoms with van der Waals surface area (Å²) in [7, 11) is 1.38. The molecule has 1 aromatic rings. The molecule has 1 aromatic heterocycles. The normalized spacial score (nSPS) is 42.8. The number of carboxylic acid groups (broad SMARTS) is 1. The molecule has 0 amide bonds. The number of esters is 1. The molecule has 12 atom stereocenters. The van der Waals surface area contributed by atoms with Crippen molar-refractivity contribution in [3.8, 4) is 0 Å². The van der Waals surface area contributed by atoms with Crippen molar-refractivity contribution in [3.05, 3.63) is 23.5 Å². The van der Waals surface area contributed by atoms with E-state index < -0.39 is 34.2 Å². The van der Waals surface area contributed by atoms with Gasteiger partial charge in [-0.05, 0) is 91.3 Å². The fraction of sp³-hybridized carbons (Fsp3) is 0.850. The summed E-state index contributed by atoms with van der Waals surface area (Å²) in [4.78, 5) is 26.6. The van der Waals surface area contributed by atoms with Gasteiger partial charge in [0.2, 0.25) is 0 Å². The highest BCUT2D eigenvalue weighted by Gasteiger charge is 2.72. The van der Waals surface area contributed by atoms with Gasteiger partial charge in [0.05, 0.1) is 51.2 Å². The van der Waals surface area contributed by atoms with Crippen LogP contribution in [0.1, 0.15) is 124 Å². The number of nitrogens with zero attached hydrogens (tertiary/aromatic N) is 3. The van der Waals surface area contributed by atoms with E-state index in [2.05, 4.69) is 78.7 Å². The number of hydrogen-bond acceptors (Lipinski definition) is 8. The number of aliphatic carboxylic acids is 1. The van der Waals surface area contributed by atoms with Gasteiger partial charge in [-0.15, -0.1) is 5.10 Å². The van der Waals surface area contributed by atoms with Crippen LogP contribution in [0.15, 0.2) is 17.8 Å². The summed E-state index contributed by atoms with van der Waals surface area (Å²) in [6.07, 6.45) is 8.91. The molecule has 3 saturated carbocycles. The summed E-state index contributed by atoms with van der Waals surface area (Å²) in [5, 5.41) is 19.8. The molecule has 4 aliphatic carbocycles. The monoisotopic (exact) mass is 696 g/mol. The predicted octanol–water partition coefficient (Wildman–Crippen LogP) is 6.95. The number of rotatable bonds is 9. The summed E-state index contributed by atoms with van der Waals surface area (Å²) < 4.78 is 20.6. The number of carbonyl (C=O) groups excluding carboxylic acids is 1. The summed E-state index contributed by atoms with van der Waals surface area (Å²) in [6.45, 7) is 23.7. The lowest BCUT2D eigenvalue weighted by atomic mass is 9.34. The van der Waals surface area contributed by atoms with Crippen molar-refractivity contribution in [1.29, 1.82) is 0 Å². The van der Waals surface area contributed by atoms with E-state index in [9.17, 15) is 14.7 Å². The molecular weight excluding hydrogens is 632 g/mol. The van der Waals surface area contributed by atoms with Crippen molar-refractivity contribution in [3.63, 3.8) is 0 Å². The standard InChI is InChI=1S/C40H64N4O6/c1-23(2)25(5)35(6)16-17-37(8)26-12-13-30-36(7)20-49-22-40(30,27(26)14-15-38(37,9)31(35)33(45)46)18-28(32(36)50-21-39(10,41)24(3)4)44-29(19-42-43-44)34(47)48-11/h14,19,23-26,28,30-32H,12-13,15-18,20-22,41H2,1-11H3,(H,45,46)/t25-,26+,28-,30+,31-,32+,35-,36+,37-,38+,39+,40+/m1/s1. The quantitative estimate of drug-likeness (QED) is 0.207. The van der Waals surface area contributed by atoms with Crippen molar-refractivity contribution in [2.45, 2.75) is 125 Å². The molecule has 0 aromatic carbocycles. The van der Waals surface area contributed by atoms with Gasteiger partial charge in [-0.25, -0.2) is 9.48 Å². The molecule has 3 N–H and O–H groups in total. The fourth-order valence-corrected chi connectivity index (χ4v) is 12.3. The minimum absolute atomic E-state index is 0.199. The molecular formula is C40H64N4O6.